The van der Waals surface area contributed by atoms with Gasteiger partial charge in [0, 0.05) is 29.5 Å². The van der Waals surface area contributed by atoms with Gasteiger partial charge in [-0.25, -0.2) is 13.8 Å². The standard InChI is InChI=1S/C23H21F2N3O2S/c24-23(25,18-11-5-4-10-17(18)19-14-31-22(26)27-19)12-6-1-7-13-28-20(29)15-8-2-3-9-16(15)21(28)30/h2-5,8-11,14H,1,6-7,12-13H2,(H2,26,27). The van der Waals surface area contributed by atoms with Gasteiger partial charge in [-0.2, -0.15) is 0 Å². The van der Waals surface area contributed by atoms with Crippen LogP contribution in [0.3, 0.4) is 0 Å². The van der Waals surface area contributed by atoms with Crippen LogP contribution in [0.25, 0.3) is 11.3 Å². The van der Waals surface area contributed by atoms with Crippen LogP contribution < -0.4 is 5.73 Å². The highest BCUT2D eigenvalue weighted by Crippen LogP contribution is 2.40. The number of nitrogens with two attached hydrogens (primary N) is 1. The molecule has 5 nitrogen and oxygen atoms in total. The fourth-order valence-electron chi connectivity index (χ4n) is 3.81. The first-order chi connectivity index (χ1) is 14.9. The van der Waals surface area contributed by atoms with Gasteiger partial charge in [-0.05, 0) is 25.0 Å². The van der Waals surface area contributed by atoms with Crippen LogP contribution in [0.2, 0.25) is 0 Å². The van der Waals surface area contributed by atoms with E-state index >= 15 is 0 Å². The Hall–Kier alpha value is -3.13. The Bertz CT molecular complexity index is 1090. The number of carbonyl (C=O) groups is 2. The lowest BCUT2D eigenvalue weighted by molar-refractivity contribution is -0.0153. The van der Waals surface area contributed by atoms with Gasteiger partial charge in [-0.15, -0.1) is 11.3 Å². The fraction of sp³-hybridized carbons (Fsp3) is 0.261. The van der Waals surface area contributed by atoms with Crippen LogP contribution in [0.4, 0.5) is 13.9 Å². The summed E-state index contributed by atoms with van der Waals surface area (Å²) in [6.07, 6.45) is 0.899. The Morgan fingerprint density at radius 3 is 2.13 bits per heavy atom. The topological polar surface area (TPSA) is 76.3 Å². The second-order valence-electron chi connectivity index (χ2n) is 7.44. The third-order valence-electron chi connectivity index (χ3n) is 5.37. The van der Waals surface area contributed by atoms with Crippen molar-refractivity contribution in [2.24, 2.45) is 0 Å². The molecule has 0 radical (unpaired) electrons. The third kappa shape index (κ3) is 4.20. The van der Waals surface area contributed by atoms with E-state index < -0.39 is 5.92 Å². The summed E-state index contributed by atoms with van der Waals surface area (Å²) < 4.78 is 29.9. The zero-order valence-corrected chi connectivity index (χ0v) is 17.5. The van der Waals surface area contributed by atoms with Gasteiger partial charge in [0.05, 0.1) is 16.8 Å². The molecule has 0 aliphatic carbocycles. The highest BCUT2D eigenvalue weighted by Gasteiger charge is 2.35. The summed E-state index contributed by atoms with van der Waals surface area (Å²) in [6, 6.07) is 13.0. The molecule has 1 aromatic heterocycles. The van der Waals surface area contributed by atoms with E-state index in [9.17, 15) is 18.4 Å². The molecule has 2 heterocycles. The molecule has 2 amide bonds. The minimum absolute atomic E-state index is 0.0688. The summed E-state index contributed by atoms with van der Waals surface area (Å²) in [6.45, 7) is 0.229. The quantitative estimate of drug-likeness (QED) is 0.378. The van der Waals surface area contributed by atoms with E-state index in [1.807, 2.05) is 0 Å². The van der Waals surface area contributed by atoms with Crippen LogP contribution >= 0.6 is 11.3 Å². The first-order valence-corrected chi connectivity index (χ1v) is 10.9. The van der Waals surface area contributed by atoms with Crippen molar-refractivity contribution >= 4 is 28.3 Å². The lowest BCUT2D eigenvalue weighted by Gasteiger charge is -2.20. The van der Waals surface area contributed by atoms with Gasteiger partial charge >= 0.3 is 0 Å². The molecule has 160 valence electrons. The summed E-state index contributed by atoms with van der Waals surface area (Å²) in [7, 11) is 0. The van der Waals surface area contributed by atoms with E-state index in [1.165, 1.54) is 22.3 Å². The number of fused-ring (bicyclic) bond motifs is 1. The molecule has 2 aromatic carbocycles. The number of benzene rings is 2. The molecular formula is C23H21F2N3O2S. The maximum Gasteiger partial charge on any atom is 0.273 e. The number of imide groups is 1. The minimum atomic E-state index is -3.02. The predicted molar refractivity (Wildman–Crippen MR) is 116 cm³/mol. The number of hydrogen-bond acceptors (Lipinski definition) is 5. The van der Waals surface area contributed by atoms with Crippen LogP contribution in [0.15, 0.2) is 53.9 Å². The number of halogens is 2. The number of hydrogen-bond donors (Lipinski definition) is 1. The van der Waals surface area contributed by atoms with E-state index in [4.69, 9.17) is 5.73 Å². The molecule has 0 saturated carbocycles. The molecule has 0 fully saturated rings. The summed E-state index contributed by atoms with van der Waals surface area (Å²) >= 11 is 1.21. The first kappa shape index (κ1) is 21.1. The SMILES string of the molecule is Nc1nc(-c2ccccc2C(F)(F)CCCCCN2C(=O)c3ccccc3C2=O)cs1. The summed E-state index contributed by atoms with van der Waals surface area (Å²) in [5, 5.41) is 2.01. The molecule has 1 aliphatic rings. The van der Waals surface area contributed by atoms with Gasteiger partial charge in [0.15, 0.2) is 5.13 Å². The zero-order valence-electron chi connectivity index (χ0n) is 16.7. The largest absolute Gasteiger partial charge is 0.375 e. The molecule has 0 unspecified atom stereocenters. The van der Waals surface area contributed by atoms with E-state index in [2.05, 4.69) is 4.98 Å². The number of nitrogen functional groups attached to an aromatic ring is 1. The smallest absolute Gasteiger partial charge is 0.273 e. The lowest BCUT2D eigenvalue weighted by atomic mass is 9.96. The summed E-state index contributed by atoms with van der Waals surface area (Å²) in [5.41, 5.74) is 7.22. The van der Waals surface area contributed by atoms with E-state index in [0.29, 0.717) is 40.4 Å². The molecule has 0 bridgehead atoms. The molecular weight excluding hydrogens is 420 g/mol. The maximum absolute atomic E-state index is 15.0. The van der Waals surface area contributed by atoms with Gasteiger partial charge in [0.2, 0.25) is 0 Å². The molecule has 8 heteroatoms. The minimum Gasteiger partial charge on any atom is -0.375 e. The van der Waals surface area contributed by atoms with Crippen molar-refractivity contribution in [2.75, 3.05) is 12.3 Å². The van der Waals surface area contributed by atoms with Crippen LogP contribution in [0.1, 0.15) is 52.0 Å². The Balaban J connectivity index is 1.34. The second-order valence-corrected chi connectivity index (χ2v) is 8.33. The Morgan fingerprint density at radius 2 is 1.52 bits per heavy atom. The highest BCUT2D eigenvalue weighted by atomic mass is 32.1. The zero-order chi connectivity index (χ0) is 22.0. The number of amides is 2. The van der Waals surface area contributed by atoms with Gasteiger partial charge in [0.1, 0.15) is 0 Å². The number of nitrogens with zero attached hydrogens (tertiary/aromatic N) is 2. The van der Waals surface area contributed by atoms with Crippen LogP contribution in [0, 0.1) is 0 Å². The number of unbranched alkanes of at least 4 members (excludes halogenated alkanes) is 2. The maximum atomic E-state index is 15.0. The highest BCUT2D eigenvalue weighted by molar-refractivity contribution is 7.13. The van der Waals surface area contributed by atoms with Crippen molar-refractivity contribution in [3.63, 3.8) is 0 Å². The normalized spacial score (nSPS) is 13.7. The molecule has 31 heavy (non-hydrogen) atoms. The number of carbonyl (C=O) groups excluding carboxylic acids is 2. The van der Waals surface area contributed by atoms with Gasteiger partial charge < -0.3 is 5.73 Å². The summed E-state index contributed by atoms with van der Waals surface area (Å²) in [4.78, 5) is 30.1. The van der Waals surface area contributed by atoms with Crippen molar-refractivity contribution in [2.45, 2.75) is 31.6 Å². The van der Waals surface area contributed by atoms with Crippen LogP contribution in [-0.2, 0) is 5.92 Å². The molecule has 0 atom stereocenters. The Labute approximate surface area is 182 Å². The average Bonchev–Trinajstić information content (AvgIpc) is 3.30. The van der Waals surface area contributed by atoms with E-state index in [0.717, 1.165) is 0 Å². The number of thiazole rings is 1. The molecule has 1 aliphatic heterocycles. The molecule has 2 N–H and O–H groups in total. The molecule has 3 aromatic rings. The van der Waals surface area contributed by atoms with Crippen molar-refractivity contribution in [1.29, 1.82) is 0 Å². The van der Waals surface area contributed by atoms with Gasteiger partial charge in [0.25, 0.3) is 17.7 Å². The fourth-order valence-corrected chi connectivity index (χ4v) is 4.37. The van der Waals surface area contributed by atoms with Gasteiger partial charge in [-0.1, -0.05) is 42.8 Å². The van der Waals surface area contributed by atoms with Crippen molar-refractivity contribution in [1.82, 2.24) is 9.88 Å². The number of rotatable bonds is 8. The molecule has 4 rings (SSSR count). The lowest BCUT2D eigenvalue weighted by Crippen LogP contribution is -2.30. The summed E-state index contributed by atoms with van der Waals surface area (Å²) in [5.74, 6) is -3.66. The van der Waals surface area contributed by atoms with Gasteiger partial charge in [-0.3, -0.25) is 14.5 Å². The predicted octanol–water partition coefficient (Wildman–Crippen LogP) is 5.34. The third-order valence-corrected chi connectivity index (χ3v) is 6.04. The molecule has 0 saturated heterocycles. The first-order valence-electron chi connectivity index (χ1n) is 10.0. The Kier molecular flexibility index (Phi) is 5.82. The van der Waals surface area contributed by atoms with Crippen LogP contribution in [-0.4, -0.2) is 28.2 Å². The van der Waals surface area contributed by atoms with Crippen molar-refractivity contribution in [3.8, 4) is 11.3 Å². The number of anilines is 1. The molecule has 0 spiro atoms. The number of alkyl halides is 2. The van der Waals surface area contributed by atoms with Crippen LogP contribution in [0.5, 0.6) is 0 Å². The van der Waals surface area contributed by atoms with Crippen molar-refractivity contribution in [3.05, 3.63) is 70.6 Å². The van der Waals surface area contributed by atoms with E-state index in [-0.39, 0.29) is 36.8 Å². The van der Waals surface area contributed by atoms with E-state index in [1.54, 1.807) is 47.8 Å². The Morgan fingerprint density at radius 1 is 0.903 bits per heavy atom. The monoisotopic (exact) mass is 441 g/mol. The number of aromatic nitrogens is 1. The average molecular weight is 442 g/mol. The second kappa shape index (κ2) is 8.55. The van der Waals surface area contributed by atoms with Crippen molar-refractivity contribution < 1.29 is 18.4 Å².